The van der Waals surface area contributed by atoms with E-state index in [1.807, 2.05) is 26.0 Å². The first-order valence-corrected chi connectivity index (χ1v) is 12.4. The van der Waals surface area contributed by atoms with Gasteiger partial charge in [-0.1, -0.05) is 12.1 Å². The predicted molar refractivity (Wildman–Crippen MR) is 140 cm³/mol. The maximum Gasteiger partial charge on any atom is 0.379 e. The molecule has 3 aromatic carbocycles. The average molecular weight is 529 g/mol. The molecule has 8 nitrogen and oxygen atoms in total. The first-order chi connectivity index (χ1) is 18.8. The minimum atomic E-state index is -0.745. The first-order valence-electron chi connectivity index (χ1n) is 12.4. The standard InChI is InChI=1S/C30H25FN2O6/c1-4-35-24-10-6-17(12-26(24)36-5-2)27-20-9-8-19(14-25(20)39-29(33)22(27)15-32)37-30(34)28-16(3)21-13-18(31)7-11-23(21)38-28/h6-14,27H,4-5,33H2,1-3H3. The molecule has 0 aliphatic carbocycles. The molecule has 9 heteroatoms. The predicted octanol–water partition coefficient (Wildman–Crippen LogP) is 6.12. The molecule has 198 valence electrons. The molecule has 0 bridgehead atoms. The second-order valence-corrected chi connectivity index (χ2v) is 8.78. The summed E-state index contributed by atoms with van der Waals surface area (Å²) in [6, 6.07) is 16.5. The summed E-state index contributed by atoms with van der Waals surface area (Å²) in [4.78, 5) is 12.9. The van der Waals surface area contributed by atoms with E-state index in [0.717, 1.165) is 5.56 Å². The number of benzene rings is 3. The summed E-state index contributed by atoms with van der Waals surface area (Å²) in [6.45, 7) is 6.33. The lowest BCUT2D eigenvalue weighted by Crippen LogP contribution is -2.21. The normalized spacial score (nSPS) is 14.4. The van der Waals surface area contributed by atoms with Gasteiger partial charge in [-0.15, -0.1) is 0 Å². The van der Waals surface area contributed by atoms with E-state index in [0.29, 0.717) is 52.6 Å². The Morgan fingerprint density at radius 3 is 2.56 bits per heavy atom. The Bertz CT molecular complexity index is 1670. The summed E-state index contributed by atoms with van der Waals surface area (Å²) in [5.74, 6) is -0.163. The van der Waals surface area contributed by atoms with Gasteiger partial charge in [0.15, 0.2) is 11.5 Å². The quantitative estimate of drug-likeness (QED) is 0.225. The van der Waals surface area contributed by atoms with Crippen molar-refractivity contribution < 1.29 is 32.5 Å². The number of nitrogens with zero attached hydrogens (tertiary/aromatic N) is 1. The van der Waals surface area contributed by atoms with Crippen LogP contribution in [0.4, 0.5) is 4.39 Å². The number of carbonyl (C=O) groups is 1. The molecule has 0 fully saturated rings. The Morgan fingerprint density at radius 1 is 1.05 bits per heavy atom. The molecule has 0 saturated heterocycles. The molecule has 0 spiro atoms. The average Bonchev–Trinajstić information content (AvgIpc) is 3.24. The summed E-state index contributed by atoms with van der Waals surface area (Å²) in [5, 5.41) is 10.4. The van der Waals surface area contributed by atoms with Crippen molar-refractivity contribution in [1.82, 2.24) is 0 Å². The third kappa shape index (κ3) is 4.73. The number of furan rings is 1. The minimum Gasteiger partial charge on any atom is -0.490 e. The molecular weight excluding hydrogens is 503 g/mol. The Balaban J connectivity index is 1.49. The van der Waals surface area contributed by atoms with Gasteiger partial charge in [0.05, 0.1) is 19.1 Å². The molecule has 1 unspecified atom stereocenters. The van der Waals surface area contributed by atoms with Gasteiger partial charge in [-0.05, 0) is 62.7 Å². The van der Waals surface area contributed by atoms with E-state index in [4.69, 9.17) is 29.1 Å². The van der Waals surface area contributed by atoms with Gasteiger partial charge in [0.2, 0.25) is 11.6 Å². The third-order valence-electron chi connectivity index (χ3n) is 6.39. The zero-order valence-corrected chi connectivity index (χ0v) is 21.5. The molecule has 1 atom stereocenters. The van der Waals surface area contributed by atoms with Crippen molar-refractivity contribution in [1.29, 1.82) is 5.26 Å². The lowest BCUT2D eigenvalue weighted by atomic mass is 9.83. The van der Waals surface area contributed by atoms with E-state index in [2.05, 4.69) is 6.07 Å². The van der Waals surface area contributed by atoms with E-state index in [9.17, 15) is 14.4 Å². The number of esters is 1. The molecule has 0 saturated carbocycles. The number of carbonyl (C=O) groups excluding carboxylic acids is 1. The summed E-state index contributed by atoms with van der Waals surface area (Å²) in [6.07, 6.45) is 0. The van der Waals surface area contributed by atoms with Gasteiger partial charge in [-0.2, -0.15) is 5.26 Å². The van der Waals surface area contributed by atoms with Gasteiger partial charge in [0, 0.05) is 22.6 Å². The summed E-state index contributed by atoms with van der Waals surface area (Å²) < 4.78 is 42.1. The third-order valence-corrected chi connectivity index (χ3v) is 6.39. The highest BCUT2D eigenvalue weighted by Gasteiger charge is 2.32. The van der Waals surface area contributed by atoms with Crippen molar-refractivity contribution in [3.8, 4) is 29.1 Å². The second-order valence-electron chi connectivity index (χ2n) is 8.78. The van der Waals surface area contributed by atoms with Crippen LogP contribution in [0.3, 0.4) is 0 Å². The lowest BCUT2D eigenvalue weighted by Gasteiger charge is -2.27. The molecule has 1 aliphatic heterocycles. The Kier molecular flexibility index (Phi) is 6.86. The van der Waals surface area contributed by atoms with Crippen molar-refractivity contribution in [3.05, 3.63) is 94.3 Å². The van der Waals surface area contributed by atoms with Crippen molar-refractivity contribution in [2.24, 2.45) is 5.73 Å². The molecule has 5 rings (SSSR count). The van der Waals surface area contributed by atoms with Crippen LogP contribution in [0.25, 0.3) is 11.0 Å². The van der Waals surface area contributed by atoms with Crippen LogP contribution < -0.4 is 24.7 Å². The number of halogens is 1. The fraction of sp³-hybridized carbons (Fsp3) is 0.200. The Morgan fingerprint density at radius 2 is 1.82 bits per heavy atom. The van der Waals surface area contributed by atoms with Gasteiger partial charge < -0.3 is 29.1 Å². The van der Waals surface area contributed by atoms with Gasteiger partial charge >= 0.3 is 5.97 Å². The SMILES string of the molecule is CCOc1ccc(C2C(C#N)=C(N)Oc3cc(OC(=O)c4oc5ccc(F)cc5c4C)ccc32)cc1OCC. The lowest BCUT2D eigenvalue weighted by molar-refractivity contribution is 0.0702. The molecule has 4 aromatic rings. The molecule has 39 heavy (non-hydrogen) atoms. The van der Waals surface area contributed by atoms with Gasteiger partial charge in [-0.25, -0.2) is 9.18 Å². The zero-order valence-electron chi connectivity index (χ0n) is 21.5. The monoisotopic (exact) mass is 528 g/mol. The van der Waals surface area contributed by atoms with E-state index in [-0.39, 0.29) is 23.0 Å². The highest BCUT2D eigenvalue weighted by Crippen LogP contribution is 2.45. The summed E-state index contributed by atoms with van der Waals surface area (Å²) in [5.41, 5.74) is 8.64. The Labute approximate surface area is 223 Å². The van der Waals surface area contributed by atoms with Gasteiger partial charge in [-0.3, -0.25) is 0 Å². The van der Waals surface area contributed by atoms with Crippen LogP contribution in [-0.4, -0.2) is 19.2 Å². The van der Waals surface area contributed by atoms with Gasteiger partial charge in [0.25, 0.3) is 0 Å². The fourth-order valence-corrected chi connectivity index (χ4v) is 4.63. The molecule has 1 aromatic heterocycles. The highest BCUT2D eigenvalue weighted by atomic mass is 19.1. The molecular formula is C30H25FN2O6. The molecule has 2 N–H and O–H groups in total. The number of fused-ring (bicyclic) bond motifs is 2. The number of rotatable bonds is 7. The summed E-state index contributed by atoms with van der Waals surface area (Å²) in [7, 11) is 0. The van der Waals surface area contributed by atoms with E-state index < -0.39 is 17.7 Å². The first kappa shape index (κ1) is 25.7. The van der Waals surface area contributed by atoms with E-state index in [1.54, 1.807) is 25.1 Å². The largest absolute Gasteiger partial charge is 0.490 e. The van der Waals surface area contributed by atoms with Gasteiger partial charge in [0.1, 0.15) is 34.5 Å². The van der Waals surface area contributed by atoms with Crippen LogP contribution in [0.1, 0.15) is 47.0 Å². The van der Waals surface area contributed by atoms with Crippen LogP contribution in [0, 0.1) is 24.1 Å². The fourth-order valence-electron chi connectivity index (χ4n) is 4.63. The highest BCUT2D eigenvalue weighted by molar-refractivity contribution is 5.96. The van der Waals surface area contributed by atoms with Crippen LogP contribution in [-0.2, 0) is 0 Å². The van der Waals surface area contributed by atoms with Crippen LogP contribution in [0.2, 0.25) is 0 Å². The van der Waals surface area contributed by atoms with E-state index in [1.165, 1.54) is 24.3 Å². The van der Waals surface area contributed by atoms with Crippen molar-refractivity contribution in [2.75, 3.05) is 13.2 Å². The van der Waals surface area contributed by atoms with Crippen LogP contribution >= 0.6 is 0 Å². The Hall–Kier alpha value is -4.97. The van der Waals surface area contributed by atoms with Crippen molar-refractivity contribution >= 4 is 16.9 Å². The summed E-state index contributed by atoms with van der Waals surface area (Å²) >= 11 is 0. The smallest absolute Gasteiger partial charge is 0.379 e. The molecule has 1 aliphatic rings. The zero-order chi connectivity index (χ0) is 27.7. The van der Waals surface area contributed by atoms with Crippen molar-refractivity contribution in [2.45, 2.75) is 26.7 Å². The molecule has 2 heterocycles. The molecule has 0 radical (unpaired) electrons. The number of hydrogen-bond acceptors (Lipinski definition) is 8. The number of nitriles is 1. The van der Waals surface area contributed by atoms with E-state index >= 15 is 0 Å². The topological polar surface area (TPSA) is 117 Å². The van der Waals surface area contributed by atoms with Crippen molar-refractivity contribution in [3.63, 3.8) is 0 Å². The minimum absolute atomic E-state index is 0.0314. The number of aryl methyl sites for hydroxylation is 1. The number of allylic oxidation sites excluding steroid dienone is 1. The number of hydrogen-bond donors (Lipinski definition) is 1. The second kappa shape index (κ2) is 10.4. The molecule has 0 amide bonds. The number of ether oxygens (including phenoxy) is 4. The van der Waals surface area contributed by atoms with Crippen LogP contribution in [0.15, 0.2) is 70.5 Å². The maximum atomic E-state index is 13.7. The van der Waals surface area contributed by atoms with Crippen LogP contribution in [0.5, 0.6) is 23.0 Å². The number of nitrogens with two attached hydrogens (primary N) is 1. The maximum absolute atomic E-state index is 13.7.